The molecule has 1 heterocycles. The van der Waals surface area contributed by atoms with Crippen molar-refractivity contribution in [1.29, 1.82) is 5.26 Å². The number of hydrogen-bond acceptors (Lipinski definition) is 2. The molecule has 0 bridgehead atoms. The second kappa shape index (κ2) is 6.75. The smallest absolute Gasteiger partial charge is 0.144 e. The van der Waals surface area contributed by atoms with Gasteiger partial charge in [0.05, 0.1) is 5.69 Å². The lowest BCUT2D eigenvalue weighted by Gasteiger charge is -2.23. The maximum Gasteiger partial charge on any atom is 0.144 e. The van der Waals surface area contributed by atoms with Crippen LogP contribution in [0.4, 0.5) is 0 Å². The molecule has 0 radical (unpaired) electrons. The summed E-state index contributed by atoms with van der Waals surface area (Å²) in [6.07, 6.45) is 7.93. The van der Waals surface area contributed by atoms with Gasteiger partial charge in [-0.05, 0) is 55.2 Å². The Morgan fingerprint density at radius 1 is 1.09 bits per heavy atom. The molecule has 0 N–H and O–H groups in total. The van der Waals surface area contributed by atoms with Gasteiger partial charge < -0.3 is 0 Å². The number of hydrogen-bond donors (Lipinski definition) is 0. The third-order valence-corrected chi connectivity index (χ3v) is 4.56. The molecule has 0 amide bonds. The van der Waals surface area contributed by atoms with E-state index < -0.39 is 0 Å². The summed E-state index contributed by atoms with van der Waals surface area (Å²) >= 11 is 0. The van der Waals surface area contributed by atoms with Crippen LogP contribution in [0.5, 0.6) is 0 Å². The predicted molar refractivity (Wildman–Crippen MR) is 89.6 cm³/mol. The van der Waals surface area contributed by atoms with Crippen molar-refractivity contribution in [3.8, 4) is 17.3 Å². The SMILES string of the molecule is CCCCc1c(C#N)nc(-c2ccccc2)c2c1CCCC2. The lowest BCUT2D eigenvalue weighted by atomic mass is 9.84. The number of pyridine rings is 1. The van der Waals surface area contributed by atoms with Gasteiger partial charge in [-0.25, -0.2) is 4.98 Å². The molecule has 0 saturated heterocycles. The number of aromatic nitrogens is 1. The van der Waals surface area contributed by atoms with Crippen molar-refractivity contribution in [2.75, 3.05) is 0 Å². The third-order valence-electron chi connectivity index (χ3n) is 4.56. The van der Waals surface area contributed by atoms with Gasteiger partial charge in [-0.3, -0.25) is 0 Å². The highest BCUT2D eigenvalue weighted by molar-refractivity contribution is 5.67. The standard InChI is InChI=1S/C20H22N2/c1-2-3-11-17-16-12-7-8-13-18(16)20(22-19(17)14-21)15-9-5-4-6-10-15/h4-6,9-10H,2-3,7-8,11-13H2,1H3. The highest BCUT2D eigenvalue weighted by Gasteiger charge is 2.22. The summed E-state index contributed by atoms with van der Waals surface area (Å²) in [5.41, 5.74) is 6.85. The molecule has 2 aromatic rings. The molecule has 1 aliphatic carbocycles. The van der Waals surface area contributed by atoms with Crippen LogP contribution in [0.2, 0.25) is 0 Å². The average Bonchev–Trinajstić information content (AvgIpc) is 2.60. The minimum atomic E-state index is 0.646. The number of benzene rings is 1. The van der Waals surface area contributed by atoms with E-state index in [4.69, 9.17) is 4.98 Å². The fourth-order valence-electron chi connectivity index (χ4n) is 3.44. The zero-order valence-electron chi connectivity index (χ0n) is 13.2. The Bertz CT molecular complexity index is 696. The van der Waals surface area contributed by atoms with Gasteiger partial charge in [0.15, 0.2) is 0 Å². The van der Waals surface area contributed by atoms with E-state index >= 15 is 0 Å². The van der Waals surface area contributed by atoms with Gasteiger partial charge in [0.2, 0.25) is 0 Å². The third kappa shape index (κ3) is 2.76. The van der Waals surface area contributed by atoms with Gasteiger partial charge in [0.1, 0.15) is 11.8 Å². The lowest BCUT2D eigenvalue weighted by molar-refractivity contribution is 0.668. The molecule has 0 spiro atoms. The summed E-state index contributed by atoms with van der Waals surface area (Å²) < 4.78 is 0. The number of fused-ring (bicyclic) bond motifs is 1. The van der Waals surface area contributed by atoms with E-state index in [2.05, 4.69) is 25.1 Å². The Morgan fingerprint density at radius 3 is 2.50 bits per heavy atom. The van der Waals surface area contributed by atoms with Crippen LogP contribution in [0.15, 0.2) is 30.3 Å². The molecule has 2 heteroatoms. The van der Waals surface area contributed by atoms with Crippen LogP contribution in [0.25, 0.3) is 11.3 Å². The fraction of sp³-hybridized carbons (Fsp3) is 0.400. The summed E-state index contributed by atoms with van der Waals surface area (Å²) in [6.45, 7) is 2.20. The molecular weight excluding hydrogens is 268 g/mol. The molecule has 3 rings (SSSR count). The summed E-state index contributed by atoms with van der Waals surface area (Å²) in [4.78, 5) is 4.77. The molecule has 1 aliphatic rings. The topological polar surface area (TPSA) is 36.7 Å². The lowest BCUT2D eigenvalue weighted by Crippen LogP contribution is -2.12. The molecule has 1 aromatic carbocycles. The average molecular weight is 290 g/mol. The van der Waals surface area contributed by atoms with Crippen molar-refractivity contribution < 1.29 is 0 Å². The highest BCUT2D eigenvalue weighted by atomic mass is 14.7. The van der Waals surface area contributed by atoms with Crippen LogP contribution in [0.3, 0.4) is 0 Å². The van der Waals surface area contributed by atoms with E-state index in [0.717, 1.165) is 43.4 Å². The monoisotopic (exact) mass is 290 g/mol. The van der Waals surface area contributed by atoms with Crippen LogP contribution < -0.4 is 0 Å². The van der Waals surface area contributed by atoms with E-state index in [1.165, 1.54) is 29.5 Å². The first-order valence-electron chi connectivity index (χ1n) is 8.35. The van der Waals surface area contributed by atoms with Crippen molar-refractivity contribution in [1.82, 2.24) is 4.98 Å². The van der Waals surface area contributed by atoms with Crippen LogP contribution >= 0.6 is 0 Å². The van der Waals surface area contributed by atoms with Crippen LogP contribution in [-0.4, -0.2) is 4.98 Å². The first-order chi connectivity index (χ1) is 10.8. The van der Waals surface area contributed by atoms with Crippen molar-refractivity contribution in [3.63, 3.8) is 0 Å². The Hall–Kier alpha value is -2.14. The van der Waals surface area contributed by atoms with Gasteiger partial charge >= 0.3 is 0 Å². The molecular formula is C20H22N2. The van der Waals surface area contributed by atoms with E-state index in [9.17, 15) is 5.26 Å². The van der Waals surface area contributed by atoms with E-state index in [1.54, 1.807) is 0 Å². The number of nitrogens with zero attached hydrogens (tertiary/aromatic N) is 2. The molecule has 0 aliphatic heterocycles. The zero-order chi connectivity index (χ0) is 15.4. The molecule has 0 unspecified atom stereocenters. The summed E-state index contributed by atoms with van der Waals surface area (Å²) in [7, 11) is 0. The van der Waals surface area contributed by atoms with Gasteiger partial charge in [0, 0.05) is 5.56 Å². The minimum absolute atomic E-state index is 0.646. The largest absolute Gasteiger partial charge is 0.236 e. The molecule has 2 nitrogen and oxygen atoms in total. The molecule has 1 aromatic heterocycles. The summed E-state index contributed by atoms with van der Waals surface area (Å²) in [6, 6.07) is 12.7. The van der Waals surface area contributed by atoms with Crippen LogP contribution in [0.1, 0.15) is 55.0 Å². The highest BCUT2D eigenvalue weighted by Crippen LogP contribution is 2.34. The van der Waals surface area contributed by atoms with Crippen molar-refractivity contribution >= 4 is 0 Å². The fourth-order valence-corrected chi connectivity index (χ4v) is 3.44. The van der Waals surface area contributed by atoms with Gasteiger partial charge in [-0.1, -0.05) is 43.7 Å². The molecule has 112 valence electrons. The van der Waals surface area contributed by atoms with E-state index in [1.807, 2.05) is 18.2 Å². The van der Waals surface area contributed by atoms with E-state index in [-0.39, 0.29) is 0 Å². The van der Waals surface area contributed by atoms with Crippen molar-refractivity contribution in [2.45, 2.75) is 51.9 Å². The molecule has 0 atom stereocenters. The quantitative estimate of drug-likeness (QED) is 0.807. The van der Waals surface area contributed by atoms with Crippen LogP contribution in [0, 0.1) is 11.3 Å². The van der Waals surface area contributed by atoms with Gasteiger partial charge in [-0.15, -0.1) is 0 Å². The Kier molecular flexibility index (Phi) is 4.53. The minimum Gasteiger partial charge on any atom is -0.236 e. The number of rotatable bonds is 4. The predicted octanol–water partition coefficient (Wildman–Crippen LogP) is 4.84. The van der Waals surface area contributed by atoms with Crippen molar-refractivity contribution in [2.24, 2.45) is 0 Å². The zero-order valence-corrected chi connectivity index (χ0v) is 13.2. The van der Waals surface area contributed by atoms with Gasteiger partial charge in [0.25, 0.3) is 0 Å². The van der Waals surface area contributed by atoms with Crippen LogP contribution in [-0.2, 0) is 19.3 Å². The normalized spacial score (nSPS) is 13.5. The second-order valence-corrected chi connectivity index (χ2v) is 6.03. The Labute approximate surface area is 132 Å². The Morgan fingerprint density at radius 2 is 1.82 bits per heavy atom. The maximum atomic E-state index is 9.58. The maximum absolute atomic E-state index is 9.58. The summed E-state index contributed by atoms with van der Waals surface area (Å²) in [5, 5.41) is 9.58. The summed E-state index contributed by atoms with van der Waals surface area (Å²) in [5.74, 6) is 0. The second-order valence-electron chi connectivity index (χ2n) is 6.03. The Balaban J connectivity index is 2.18. The first-order valence-corrected chi connectivity index (χ1v) is 8.35. The van der Waals surface area contributed by atoms with Gasteiger partial charge in [-0.2, -0.15) is 5.26 Å². The number of nitriles is 1. The van der Waals surface area contributed by atoms with Crippen molar-refractivity contribution in [3.05, 3.63) is 52.7 Å². The number of unbranched alkanes of at least 4 members (excludes halogenated alkanes) is 1. The van der Waals surface area contributed by atoms with E-state index in [0.29, 0.717) is 5.69 Å². The molecule has 0 fully saturated rings. The molecule has 22 heavy (non-hydrogen) atoms. The first kappa shape index (κ1) is 14.8. The molecule has 0 saturated carbocycles.